The lowest BCUT2D eigenvalue weighted by Gasteiger charge is -2.27. The quantitative estimate of drug-likeness (QED) is 0.393. The van der Waals surface area contributed by atoms with E-state index in [0.717, 1.165) is 12.8 Å². The first kappa shape index (κ1) is 21.6. The van der Waals surface area contributed by atoms with E-state index >= 15 is 0 Å². The van der Waals surface area contributed by atoms with Gasteiger partial charge in [-0.1, -0.05) is 55.5 Å². The van der Waals surface area contributed by atoms with Crippen LogP contribution in [-0.4, -0.2) is 12.7 Å². The van der Waals surface area contributed by atoms with Crippen molar-refractivity contribution < 1.29 is 22.3 Å². The Hall–Kier alpha value is -2.66. The molecule has 3 aromatic carbocycles. The largest absolute Gasteiger partial charge is 0.378 e. The second kappa shape index (κ2) is 8.83. The summed E-state index contributed by atoms with van der Waals surface area (Å²) in [4.78, 5) is 0. The lowest BCUT2D eigenvalue weighted by Crippen LogP contribution is -2.23. The minimum Gasteiger partial charge on any atom is -0.378 e. The lowest BCUT2D eigenvalue weighted by molar-refractivity contribution is 0.0147. The predicted octanol–water partition coefficient (Wildman–Crippen LogP) is 7.42. The highest BCUT2D eigenvalue weighted by atomic mass is 19.2. The van der Waals surface area contributed by atoms with Gasteiger partial charge in [0.05, 0.1) is 12.7 Å². The highest BCUT2D eigenvalue weighted by molar-refractivity contribution is 5.71. The number of rotatable bonds is 4. The van der Waals surface area contributed by atoms with Gasteiger partial charge in [0, 0.05) is 17.0 Å². The molecule has 1 nitrogen and oxygen atoms in total. The summed E-state index contributed by atoms with van der Waals surface area (Å²) in [6.07, 6.45) is 2.10. The molecule has 0 spiro atoms. The van der Waals surface area contributed by atoms with Gasteiger partial charge in [-0.15, -0.1) is 0 Å². The van der Waals surface area contributed by atoms with E-state index in [9.17, 15) is 17.6 Å². The van der Waals surface area contributed by atoms with Gasteiger partial charge in [0.25, 0.3) is 0 Å². The van der Waals surface area contributed by atoms with Crippen molar-refractivity contribution >= 4 is 0 Å². The average molecular weight is 428 g/mol. The van der Waals surface area contributed by atoms with Crippen LogP contribution in [0, 0.1) is 23.3 Å². The van der Waals surface area contributed by atoms with E-state index in [0.29, 0.717) is 35.3 Å². The topological polar surface area (TPSA) is 9.23 Å². The molecule has 2 atom stereocenters. The van der Waals surface area contributed by atoms with E-state index in [2.05, 4.69) is 0 Å². The number of halogens is 4. The van der Waals surface area contributed by atoms with Gasteiger partial charge in [0.2, 0.25) is 0 Å². The van der Waals surface area contributed by atoms with Crippen molar-refractivity contribution in [2.24, 2.45) is 0 Å². The number of benzene rings is 3. The van der Waals surface area contributed by atoms with E-state index in [1.54, 1.807) is 49.4 Å². The number of ether oxygens (including phenoxy) is 1. The molecule has 162 valence electrons. The second-order valence-electron chi connectivity index (χ2n) is 8.08. The van der Waals surface area contributed by atoms with Gasteiger partial charge >= 0.3 is 0 Å². The average Bonchev–Trinajstić information content (AvgIpc) is 2.78. The zero-order valence-corrected chi connectivity index (χ0v) is 17.5. The van der Waals surface area contributed by atoms with Crippen molar-refractivity contribution in [1.82, 2.24) is 0 Å². The molecule has 4 rings (SSSR count). The summed E-state index contributed by atoms with van der Waals surface area (Å²) in [6, 6.07) is 12.6. The maximum absolute atomic E-state index is 14.9. The molecule has 3 aromatic rings. The monoisotopic (exact) mass is 428 g/mol. The smallest absolute Gasteiger partial charge is 0.166 e. The molecule has 0 bridgehead atoms. The minimum atomic E-state index is -0.909. The van der Waals surface area contributed by atoms with Gasteiger partial charge in [-0.3, -0.25) is 0 Å². The van der Waals surface area contributed by atoms with Crippen LogP contribution < -0.4 is 0 Å². The fourth-order valence-corrected chi connectivity index (χ4v) is 4.15. The molecule has 0 aliphatic carbocycles. The van der Waals surface area contributed by atoms with Crippen LogP contribution in [0.25, 0.3) is 22.3 Å². The second-order valence-corrected chi connectivity index (χ2v) is 8.08. The summed E-state index contributed by atoms with van der Waals surface area (Å²) in [7, 11) is 0. The first-order valence-corrected chi connectivity index (χ1v) is 10.6. The molecular weight excluding hydrogens is 404 g/mol. The zero-order chi connectivity index (χ0) is 22.1. The molecule has 0 N–H and O–H groups in total. The van der Waals surface area contributed by atoms with Crippen LogP contribution in [0.3, 0.4) is 0 Å². The summed E-state index contributed by atoms with van der Waals surface area (Å²) in [5.74, 6) is -3.68. The summed E-state index contributed by atoms with van der Waals surface area (Å²) in [5.41, 5.74) is 1.84. The van der Waals surface area contributed by atoms with Crippen molar-refractivity contribution in [3.63, 3.8) is 0 Å². The third-order valence-corrected chi connectivity index (χ3v) is 6.11. The predicted molar refractivity (Wildman–Crippen MR) is 114 cm³/mol. The summed E-state index contributed by atoms with van der Waals surface area (Å²) in [5, 5.41) is 0. The van der Waals surface area contributed by atoms with Crippen molar-refractivity contribution in [3.8, 4) is 22.3 Å². The van der Waals surface area contributed by atoms with Crippen LogP contribution in [0.15, 0.2) is 48.5 Å². The molecule has 1 heterocycles. The molecule has 0 amide bonds. The summed E-state index contributed by atoms with van der Waals surface area (Å²) >= 11 is 0. The Labute approximate surface area is 179 Å². The molecule has 2 unspecified atom stereocenters. The normalized spacial score (nSPS) is 18.9. The third-order valence-electron chi connectivity index (χ3n) is 6.11. The van der Waals surface area contributed by atoms with Crippen molar-refractivity contribution in [3.05, 3.63) is 82.9 Å². The molecule has 1 saturated heterocycles. The molecule has 1 aliphatic heterocycles. The summed E-state index contributed by atoms with van der Waals surface area (Å²) < 4.78 is 63.8. The Morgan fingerprint density at radius 1 is 0.742 bits per heavy atom. The van der Waals surface area contributed by atoms with Gasteiger partial charge in [0.15, 0.2) is 23.3 Å². The zero-order valence-electron chi connectivity index (χ0n) is 17.5. The van der Waals surface area contributed by atoms with Gasteiger partial charge in [-0.2, -0.15) is 0 Å². The van der Waals surface area contributed by atoms with E-state index in [-0.39, 0.29) is 23.1 Å². The molecule has 0 radical (unpaired) electrons. The van der Waals surface area contributed by atoms with Gasteiger partial charge in [-0.05, 0) is 48.4 Å². The molecule has 1 aliphatic rings. The Bertz CT molecular complexity index is 1080. The number of hydrogen-bond acceptors (Lipinski definition) is 1. The fraction of sp³-hybridized carbons (Fsp3) is 0.308. The third kappa shape index (κ3) is 4.11. The fourth-order valence-electron chi connectivity index (χ4n) is 4.15. The van der Waals surface area contributed by atoms with Crippen LogP contribution in [0.5, 0.6) is 0 Å². The van der Waals surface area contributed by atoms with Crippen LogP contribution in [0.2, 0.25) is 0 Å². The Kier molecular flexibility index (Phi) is 6.15. The molecular formula is C26H24F4O. The standard InChI is InChI=1S/C26H24F4O/c1-3-16-10-11-20(24(28)23(16)27)17-6-8-18(9-7-17)21-12-13-22(26(30)25(21)29)19-5-4-15(2)31-14-19/h6-13,15,19H,3-5,14H2,1-2H3. The van der Waals surface area contributed by atoms with Crippen LogP contribution >= 0.6 is 0 Å². The van der Waals surface area contributed by atoms with Crippen molar-refractivity contribution in [1.29, 1.82) is 0 Å². The number of hydrogen-bond donors (Lipinski definition) is 0. The molecule has 0 aromatic heterocycles. The summed E-state index contributed by atoms with van der Waals surface area (Å²) in [6.45, 7) is 4.11. The maximum atomic E-state index is 14.9. The van der Waals surface area contributed by atoms with Crippen molar-refractivity contribution in [2.45, 2.75) is 45.1 Å². The SMILES string of the molecule is CCc1ccc(-c2ccc(-c3ccc(C4CCC(C)OC4)c(F)c3F)cc2)c(F)c1F. The Morgan fingerprint density at radius 2 is 1.32 bits per heavy atom. The van der Waals surface area contributed by atoms with Crippen LogP contribution in [0.1, 0.15) is 43.7 Å². The Balaban J connectivity index is 1.63. The van der Waals surface area contributed by atoms with E-state index < -0.39 is 23.3 Å². The van der Waals surface area contributed by atoms with Gasteiger partial charge < -0.3 is 4.74 Å². The number of aryl methyl sites for hydroxylation is 1. The van der Waals surface area contributed by atoms with Gasteiger partial charge in [-0.25, -0.2) is 17.6 Å². The van der Waals surface area contributed by atoms with E-state index in [4.69, 9.17) is 4.74 Å². The van der Waals surface area contributed by atoms with Crippen LogP contribution in [0.4, 0.5) is 17.6 Å². The Morgan fingerprint density at radius 3 is 1.87 bits per heavy atom. The first-order chi connectivity index (χ1) is 14.9. The minimum absolute atomic E-state index is 0.130. The first-order valence-electron chi connectivity index (χ1n) is 10.6. The van der Waals surface area contributed by atoms with Crippen molar-refractivity contribution in [2.75, 3.05) is 6.61 Å². The lowest BCUT2D eigenvalue weighted by atomic mass is 9.89. The molecule has 1 fully saturated rings. The highest BCUT2D eigenvalue weighted by Crippen LogP contribution is 2.35. The highest BCUT2D eigenvalue weighted by Gasteiger charge is 2.25. The molecule has 31 heavy (non-hydrogen) atoms. The maximum Gasteiger partial charge on any atom is 0.166 e. The van der Waals surface area contributed by atoms with E-state index in [1.807, 2.05) is 6.92 Å². The van der Waals surface area contributed by atoms with Gasteiger partial charge in [0.1, 0.15) is 0 Å². The molecule has 5 heteroatoms. The van der Waals surface area contributed by atoms with E-state index in [1.165, 1.54) is 6.07 Å². The molecule has 0 saturated carbocycles. The van der Waals surface area contributed by atoms with Crippen LogP contribution in [-0.2, 0) is 11.2 Å².